The molecule has 0 saturated heterocycles. The Morgan fingerprint density at radius 1 is 0.189 bits per heavy atom. The minimum absolute atomic E-state index is 0.673. The van der Waals surface area contributed by atoms with Crippen LogP contribution in [0.1, 0.15) is 0 Å². The molecule has 0 spiro atoms. The van der Waals surface area contributed by atoms with Gasteiger partial charge in [-0.3, -0.25) is 9.13 Å². The highest BCUT2D eigenvalue weighted by atomic mass is 15.2. The Morgan fingerprint density at radius 3 is 0.932 bits per heavy atom. The van der Waals surface area contributed by atoms with Gasteiger partial charge >= 0.3 is 0 Å². The molecule has 614 valence electrons. The minimum atomic E-state index is 0.673. The van der Waals surface area contributed by atoms with Crippen molar-refractivity contribution in [1.29, 1.82) is 0 Å². The summed E-state index contributed by atoms with van der Waals surface area (Å²) in [5.74, 6) is 1.50. The number of anilines is 3. The van der Waals surface area contributed by atoms with E-state index in [9.17, 15) is 0 Å². The van der Waals surface area contributed by atoms with Gasteiger partial charge in [0.15, 0.2) is 5.82 Å². The zero-order chi connectivity index (χ0) is 86.9. The normalized spacial score (nSPS) is 11.8. The highest BCUT2D eigenvalue weighted by Gasteiger charge is 2.32. The molecule has 8 nitrogen and oxygen atoms in total. The summed E-state index contributed by atoms with van der Waals surface area (Å²) in [7, 11) is 0. The second kappa shape index (κ2) is 31.1. The summed E-state index contributed by atoms with van der Waals surface area (Å²) in [5, 5.41) is 12.3. The average molecular weight is 1680 g/mol. The maximum Gasteiger partial charge on any atom is 0.235 e. The summed E-state index contributed by atoms with van der Waals surface area (Å²) >= 11 is 0. The average Bonchev–Trinajstić information content (AvgIpc) is 1.56. The number of hydrogen-bond donors (Lipinski definition) is 0. The van der Waals surface area contributed by atoms with Crippen molar-refractivity contribution in [3.8, 4) is 151 Å². The summed E-state index contributed by atoms with van der Waals surface area (Å²) in [6, 6.07) is 162. The van der Waals surface area contributed by atoms with Crippen molar-refractivity contribution < 1.29 is 0 Å². The van der Waals surface area contributed by atoms with Crippen molar-refractivity contribution in [2.24, 2.45) is 0 Å². The molecule has 0 radical (unpaired) electrons. The lowest BCUT2D eigenvalue weighted by molar-refractivity contribution is 0.985. The fraction of sp³-hybridized carbons (Fsp3) is 0. The molecule has 25 aromatic rings. The second-order valence-electron chi connectivity index (χ2n) is 34.2. The van der Waals surface area contributed by atoms with Gasteiger partial charge < -0.3 is 9.47 Å². The summed E-state index contributed by atoms with van der Waals surface area (Å²) < 4.78 is 6.85. The molecule has 3 aliphatic carbocycles. The molecule has 0 atom stereocenters. The van der Waals surface area contributed by atoms with Crippen molar-refractivity contribution in [1.82, 2.24) is 33.6 Å². The predicted octanol–water partition coefficient (Wildman–Crippen LogP) is 32.7. The number of fused-ring (bicyclic) bond motifs is 23. The molecule has 0 saturated carbocycles. The standard InChI is InChI=1S/C48H32N2.2C38H23N3/c1-3-14-37(15-4-1)50(38-16-5-2-6-17-38)39-29-25-34(26-30-39)33-23-27-36(28-24-33)49-32-45-43-21-10-9-19-41(43)42-20-11-12-22-44(42)47-40-18-8-7-13-35(40)31-46(49)48(45)47;1-2-12-24(13-3-1)37-38(40-33-21-11-10-20-32(33)39-37)41-23-31-29-18-7-6-16-27(29)28-17-8-9-19-30(28)35-26-15-5-4-14-25(26)22-34(41)36(31)35;1-2-12-24(13-3-1)37-31-20-10-11-21-33(31)39-38(40-37)41-23-32-29-18-7-6-16-27(29)28-17-8-9-19-30(28)35-26-15-5-4-14-25(26)22-34(41)36(32)35/h1-32H;2*1-23H. The molecule has 0 unspecified atom stereocenters. The molecular weight excluding hydrogens is 1600 g/mol. The second-order valence-corrected chi connectivity index (χ2v) is 34.2. The van der Waals surface area contributed by atoms with E-state index in [-0.39, 0.29) is 0 Å². The maximum atomic E-state index is 5.27. The highest BCUT2D eigenvalue weighted by Crippen LogP contribution is 2.56. The third-order valence-corrected chi connectivity index (χ3v) is 26.9. The molecular formula is C124H78N8. The Bertz CT molecular complexity index is 8900. The number of rotatable bonds is 9. The number of aromatic nitrogens is 7. The van der Waals surface area contributed by atoms with Gasteiger partial charge in [-0.2, -0.15) is 0 Å². The van der Waals surface area contributed by atoms with E-state index in [0.29, 0.717) is 5.95 Å². The first-order chi connectivity index (χ1) is 65.5. The van der Waals surface area contributed by atoms with Gasteiger partial charge in [0.25, 0.3) is 0 Å². The molecule has 5 aromatic heterocycles. The van der Waals surface area contributed by atoms with E-state index in [2.05, 4.69) is 450 Å². The van der Waals surface area contributed by atoms with Gasteiger partial charge in [-0.15, -0.1) is 0 Å². The third-order valence-electron chi connectivity index (χ3n) is 26.9. The molecule has 0 bridgehead atoms. The van der Waals surface area contributed by atoms with Crippen LogP contribution in [-0.4, -0.2) is 33.6 Å². The molecule has 0 fully saturated rings. The maximum absolute atomic E-state index is 5.27. The zero-order valence-electron chi connectivity index (χ0n) is 71.6. The van der Waals surface area contributed by atoms with Crippen LogP contribution in [0.25, 0.3) is 238 Å². The van der Waals surface area contributed by atoms with E-state index < -0.39 is 0 Å². The molecule has 0 amide bonds. The molecule has 0 N–H and O–H groups in total. The first kappa shape index (κ1) is 75.6. The number of para-hydroxylation sites is 5. The van der Waals surface area contributed by atoms with Gasteiger partial charge in [0.1, 0.15) is 5.69 Å². The number of hydrogen-bond acceptors (Lipinski definition) is 5. The molecule has 3 aliphatic rings. The topological polar surface area (TPSA) is 69.6 Å². The van der Waals surface area contributed by atoms with Crippen LogP contribution in [0.3, 0.4) is 0 Å². The first-order valence-electron chi connectivity index (χ1n) is 45.1. The van der Waals surface area contributed by atoms with Crippen LogP contribution in [0.2, 0.25) is 0 Å². The zero-order valence-corrected chi connectivity index (χ0v) is 71.6. The smallest absolute Gasteiger partial charge is 0.235 e. The lowest BCUT2D eigenvalue weighted by Crippen LogP contribution is -2.09. The molecule has 5 heterocycles. The van der Waals surface area contributed by atoms with Crippen LogP contribution in [0, 0.1) is 0 Å². The van der Waals surface area contributed by atoms with Gasteiger partial charge in [0.2, 0.25) is 5.95 Å². The van der Waals surface area contributed by atoms with Crippen molar-refractivity contribution in [3.05, 3.63) is 474 Å². The minimum Gasteiger partial charge on any atom is -0.316 e. The van der Waals surface area contributed by atoms with Gasteiger partial charge in [0.05, 0.1) is 38.8 Å². The van der Waals surface area contributed by atoms with E-state index in [4.69, 9.17) is 19.9 Å². The van der Waals surface area contributed by atoms with Crippen LogP contribution < -0.4 is 4.90 Å². The van der Waals surface area contributed by atoms with E-state index >= 15 is 0 Å². The fourth-order valence-electron chi connectivity index (χ4n) is 21.0. The van der Waals surface area contributed by atoms with Crippen molar-refractivity contribution >= 4 is 104 Å². The summed E-state index contributed by atoms with van der Waals surface area (Å²) in [4.78, 5) is 23.1. The van der Waals surface area contributed by atoms with E-state index in [0.717, 1.165) is 84.1 Å². The lowest BCUT2D eigenvalue weighted by Gasteiger charge is -2.25. The summed E-state index contributed by atoms with van der Waals surface area (Å²) in [5.41, 5.74) is 39.6. The molecule has 0 aliphatic heterocycles. The Morgan fingerprint density at radius 2 is 0.492 bits per heavy atom. The summed E-state index contributed by atoms with van der Waals surface area (Å²) in [6.45, 7) is 0. The fourth-order valence-corrected chi connectivity index (χ4v) is 21.0. The van der Waals surface area contributed by atoms with Crippen LogP contribution in [0.4, 0.5) is 17.1 Å². The van der Waals surface area contributed by atoms with Gasteiger partial charge in [-0.25, -0.2) is 19.9 Å². The van der Waals surface area contributed by atoms with Crippen LogP contribution >= 0.6 is 0 Å². The quantitative estimate of drug-likeness (QED) is 0.144. The van der Waals surface area contributed by atoms with E-state index in [1.807, 2.05) is 42.5 Å². The Kier molecular flexibility index (Phi) is 17.8. The van der Waals surface area contributed by atoms with E-state index in [1.165, 1.54) is 165 Å². The molecule has 132 heavy (non-hydrogen) atoms. The van der Waals surface area contributed by atoms with Crippen LogP contribution in [0.5, 0.6) is 0 Å². The molecule has 20 aromatic carbocycles. The predicted molar refractivity (Wildman–Crippen MR) is 549 cm³/mol. The number of nitrogens with zero attached hydrogens (tertiary/aromatic N) is 8. The monoisotopic (exact) mass is 1680 g/mol. The Labute approximate surface area is 762 Å². The Balaban J connectivity index is 0.000000104. The van der Waals surface area contributed by atoms with Crippen molar-refractivity contribution in [2.75, 3.05) is 4.90 Å². The van der Waals surface area contributed by atoms with Gasteiger partial charge in [-0.1, -0.05) is 370 Å². The van der Waals surface area contributed by atoms with Crippen molar-refractivity contribution in [2.45, 2.75) is 0 Å². The Hall–Kier alpha value is -17.7. The van der Waals surface area contributed by atoms with Gasteiger partial charge in [-0.05, 0) is 195 Å². The third kappa shape index (κ3) is 12.4. The number of benzene rings is 20. The van der Waals surface area contributed by atoms with E-state index in [1.54, 1.807) is 0 Å². The lowest BCUT2D eigenvalue weighted by atomic mass is 9.91. The van der Waals surface area contributed by atoms with Crippen LogP contribution in [-0.2, 0) is 0 Å². The largest absolute Gasteiger partial charge is 0.316 e. The first-order valence-corrected chi connectivity index (χ1v) is 45.1. The van der Waals surface area contributed by atoms with Crippen LogP contribution in [0.15, 0.2) is 474 Å². The van der Waals surface area contributed by atoms with Gasteiger partial charge in [0, 0.05) is 107 Å². The van der Waals surface area contributed by atoms with Crippen molar-refractivity contribution in [3.63, 3.8) is 0 Å². The SMILES string of the molecule is c1ccc(-c2nc(-n3cc4c5c(c6ccccc6cc53)-c3ccccc3-c3ccccc3-4)nc3ccccc23)cc1.c1ccc(-c2nc3ccccc3nc2-n2cc3c4c(c5ccccc5cc42)-c2ccccc2-c2ccccc2-3)cc1.c1ccc(N(c2ccccc2)c2ccc(-c3ccc(-n4cc5c6c(c7ccccc7cc64)-c4ccccc4-c4ccccc4-5)cc3)cc2)cc1. The molecule has 8 heteroatoms. The highest BCUT2D eigenvalue weighted by molar-refractivity contribution is 6.25. The summed E-state index contributed by atoms with van der Waals surface area (Å²) in [6.07, 6.45) is 6.88. The molecule has 28 rings (SSSR count).